The number of carbonyl (C=O) groups is 1. The summed E-state index contributed by atoms with van der Waals surface area (Å²) in [7, 11) is 0. The maximum Gasteiger partial charge on any atom is 0.239 e. The molecule has 0 atom stereocenters. The molecule has 0 heterocycles. The fourth-order valence-electron chi connectivity index (χ4n) is 2.89. The Hall–Kier alpha value is -1.51. The van der Waals surface area contributed by atoms with E-state index in [1.165, 1.54) is 30.4 Å². The SMILES string of the molecule is CCC(CC)NC(=O)CNc1cccc2c1CCCC2. The summed E-state index contributed by atoms with van der Waals surface area (Å²) in [4.78, 5) is 11.9. The van der Waals surface area contributed by atoms with Crippen LogP contribution in [0.3, 0.4) is 0 Å². The van der Waals surface area contributed by atoms with Crippen molar-refractivity contribution >= 4 is 11.6 Å². The smallest absolute Gasteiger partial charge is 0.239 e. The minimum Gasteiger partial charge on any atom is -0.376 e. The number of fused-ring (bicyclic) bond motifs is 1. The summed E-state index contributed by atoms with van der Waals surface area (Å²) in [5.41, 5.74) is 4.00. The van der Waals surface area contributed by atoms with Crippen LogP contribution in [0.15, 0.2) is 18.2 Å². The molecule has 0 saturated carbocycles. The van der Waals surface area contributed by atoms with Crippen LogP contribution >= 0.6 is 0 Å². The highest BCUT2D eigenvalue weighted by molar-refractivity contribution is 5.81. The van der Waals surface area contributed by atoms with Gasteiger partial charge in [-0.15, -0.1) is 0 Å². The molecule has 1 aliphatic carbocycles. The van der Waals surface area contributed by atoms with Gasteiger partial charge in [0.1, 0.15) is 0 Å². The number of anilines is 1. The number of carbonyl (C=O) groups excluding carboxylic acids is 1. The van der Waals surface area contributed by atoms with Crippen molar-refractivity contribution in [1.82, 2.24) is 5.32 Å². The highest BCUT2D eigenvalue weighted by atomic mass is 16.1. The molecule has 0 radical (unpaired) electrons. The molecule has 0 unspecified atom stereocenters. The zero-order valence-electron chi connectivity index (χ0n) is 12.7. The Balaban J connectivity index is 1.92. The zero-order chi connectivity index (χ0) is 14.4. The fourth-order valence-corrected chi connectivity index (χ4v) is 2.89. The largest absolute Gasteiger partial charge is 0.376 e. The fraction of sp³-hybridized carbons (Fsp3) is 0.588. The summed E-state index contributed by atoms with van der Waals surface area (Å²) in [6.45, 7) is 4.58. The summed E-state index contributed by atoms with van der Waals surface area (Å²) >= 11 is 0. The first kappa shape index (κ1) is 14.9. The predicted octanol–water partition coefficient (Wildman–Crippen LogP) is 3.28. The number of hydrogen-bond donors (Lipinski definition) is 2. The molecule has 3 nitrogen and oxygen atoms in total. The van der Waals surface area contributed by atoms with Crippen LogP contribution in [0, 0.1) is 0 Å². The summed E-state index contributed by atoms with van der Waals surface area (Å²) < 4.78 is 0. The van der Waals surface area contributed by atoms with Crippen molar-refractivity contribution in [2.24, 2.45) is 0 Å². The second kappa shape index (κ2) is 7.32. The number of benzene rings is 1. The first-order valence-electron chi connectivity index (χ1n) is 7.88. The minimum absolute atomic E-state index is 0.0899. The molecule has 20 heavy (non-hydrogen) atoms. The molecular weight excluding hydrogens is 248 g/mol. The van der Waals surface area contributed by atoms with Gasteiger partial charge in [-0.05, 0) is 55.7 Å². The molecule has 2 N–H and O–H groups in total. The van der Waals surface area contributed by atoms with Gasteiger partial charge in [0, 0.05) is 11.7 Å². The number of rotatable bonds is 6. The standard InChI is InChI=1S/C17H26N2O/c1-3-14(4-2)19-17(20)12-18-16-11-7-9-13-8-5-6-10-15(13)16/h7,9,11,14,18H,3-6,8,10,12H2,1-2H3,(H,19,20). The van der Waals surface area contributed by atoms with Crippen LogP contribution in [-0.2, 0) is 17.6 Å². The van der Waals surface area contributed by atoms with Gasteiger partial charge < -0.3 is 10.6 Å². The Kier molecular flexibility index (Phi) is 5.45. The first-order chi connectivity index (χ1) is 9.74. The number of aryl methyl sites for hydroxylation is 1. The van der Waals surface area contributed by atoms with E-state index in [1.807, 2.05) is 0 Å². The van der Waals surface area contributed by atoms with Crippen molar-refractivity contribution in [3.05, 3.63) is 29.3 Å². The molecule has 0 spiro atoms. The second-order valence-corrected chi connectivity index (χ2v) is 5.58. The van der Waals surface area contributed by atoms with E-state index in [2.05, 4.69) is 42.7 Å². The molecular formula is C17H26N2O. The van der Waals surface area contributed by atoms with Crippen LogP contribution in [0.2, 0.25) is 0 Å². The number of amides is 1. The van der Waals surface area contributed by atoms with Gasteiger partial charge in [0.2, 0.25) is 5.91 Å². The van der Waals surface area contributed by atoms with E-state index >= 15 is 0 Å². The van der Waals surface area contributed by atoms with E-state index in [0.29, 0.717) is 12.6 Å². The zero-order valence-corrected chi connectivity index (χ0v) is 12.7. The normalized spacial score (nSPS) is 13.9. The lowest BCUT2D eigenvalue weighted by molar-refractivity contribution is -0.120. The van der Waals surface area contributed by atoms with E-state index in [1.54, 1.807) is 0 Å². The third kappa shape index (κ3) is 3.75. The summed E-state index contributed by atoms with van der Waals surface area (Å²) in [6, 6.07) is 6.69. The number of nitrogens with one attached hydrogen (secondary N) is 2. The Labute approximate surface area is 122 Å². The van der Waals surface area contributed by atoms with Crippen LogP contribution in [0.1, 0.15) is 50.7 Å². The van der Waals surface area contributed by atoms with Crippen molar-refractivity contribution in [2.45, 2.75) is 58.4 Å². The lowest BCUT2D eigenvalue weighted by Crippen LogP contribution is -2.37. The van der Waals surface area contributed by atoms with Crippen molar-refractivity contribution in [3.8, 4) is 0 Å². The predicted molar refractivity (Wildman–Crippen MR) is 84.1 cm³/mol. The van der Waals surface area contributed by atoms with Crippen LogP contribution < -0.4 is 10.6 Å². The molecule has 1 aromatic carbocycles. The lowest BCUT2D eigenvalue weighted by Gasteiger charge is -2.20. The van der Waals surface area contributed by atoms with E-state index in [0.717, 1.165) is 24.9 Å². The summed E-state index contributed by atoms with van der Waals surface area (Å²) in [5.74, 6) is 0.0899. The summed E-state index contributed by atoms with van der Waals surface area (Å²) in [5, 5.41) is 6.38. The van der Waals surface area contributed by atoms with Gasteiger partial charge in [0.05, 0.1) is 6.54 Å². The topological polar surface area (TPSA) is 41.1 Å². The van der Waals surface area contributed by atoms with Gasteiger partial charge in [-0.1, -0.05) is 26.0 Å². The molecule has 1 aliphatic rings. The van der Waals surface area contributed by atoms with Gasteiger partial charge in [0.15, 0.2) is 0 Å². The van der Waals surface area contributed by atoms with Gasteiger partial charge in [0.25, 0.3) is 0 Å². The van der Waals surface area contributed by atoms with Crippen molar-refractivity contribution in [2.75, 3.05) is 11.9 Å². The first-order valence-corrected chi connectivity index (χ1v) is 7.88. The second-order valence-electron chi connectivity index (χ2n) is 5.58. The average Bonchev–Trinajstić information content (AvgIpc) is 2.50. The highest BCUT2D eigenvalue weighted by Crippen LogP contribution is 2.27. The molecule has 0 bridgehead atoms. The molecule has 3 heteroatoms. The van der Waals surface area contributed by atoms with E-state index in [-0.39, 0.29) is 5.91 Å². The Bertz CT molecular complexity index is 452. The lowest BCUT2D eigenvalue weighted by atomic mass is 9.90. The Morgan fingerprint density at radius 1 is 1.20 bits per heavy atom. The van der Waals surface area contributed by atoms with E-state index in [4.69, 9.17) is 0 Å². The maximum absolute atomic E-state index is 11.9. The number of hydrogen-bond acceptors (Lipinski definition) is 2. The Morgan fingerprint density at radius 3 is 2.70 bits per heavy atom. The van der Waals surface area contributed by atoms with Crippen LogP contribution in [0.5, 0.6) is 0 Å². The molecule has 0 aliphatic heterocycles. The molecule has 0 saturated heterocycles. The molecule has 110 valence electrons. The molecule has 0 fully saturated rings. The van der Waals surface area contributed by atoms with Gasteiger partial charge in [-0.25, -0.2) is 0 Å². The quantitative estimate of drug-likeness (QED) is 0.836. The summed E-state index contributed by atoms with van der Waals surface area (Å²) in [6.07, 6.45) is 6.82. The molecule has 2 rings (SSSR count). The van der Waals surface area contributed by atoms with Crippen molar-refractivity contribution < 1.29 is 4.79 Å². The maximum atomic E-state index is 11.9. The molecule has 1 amide bonds. The van der Waals surface area contributed by atoms with Crippen LogP contribution in [0.25, 0.3) is 0 Å². The molecule has 1 aromatic rings. The van der Waals surface area contributed by atoms with Gasteiger partial charge in [-0.3, -0.25) is 4.79 Å². The average molecular weight is 274 g/mol. The van der Waals surface area contributed by atoms with Gasteiger partial charge >= 0.3 is 0 Å². The van der Waals surface area contributed by atoms with E-state index in [9.17, 15) is 4.79 Å². The van der Waals surface area contributed by atoms with Crippen molar-refractivity contribution in [1.29, 1.82) is 0 Å². The van der Waals surface area contributed by atoms with Gasteiger partial charge in [-0.2, -0.15) is 0 Å². The van der Waals surface area contributed by atoms with Crippen LogP contribution in [0.4, 0.5) is 5.69 Å². The Morgan fingerprint density at radius 2 is 1.95 bits per heavy atom. The third-order valence-corrected chi connectivity index (χ3v) is 4.19. The third-order valence-electron chi connectivity index (χ3n) is 4.19. The van der Waals surface area contributed by atoms with Crippen molar-refractivity contribution in [3.63, 3.8) is 0 Å². The van der Waals surface area contributed by atoms with Crippen LogP contribution in [-0.4, -0.2) is 18.5 Å². The monoisotopic (exact) mass is 274 g/mol. The van der Waals surface area contributed by atoms with E-state index < -0.39 is 0 Å². The highest BCUT2D eigenvalue weighted by Gasteiger charge is 2.14. The minimum atomic E-state index is 0.0899. The molecule has 0 aromatic heterocycles.